The summed E-state index contributed by atoms with van der Waals surface area (Å²) in [6.07, 6.45) is 0. The number of nitrogens with zero attached hydrogens (tertiary/aromatic N) is 1. The molecule has 19 heavy (non-hydrogen) atoms. The second kappa shape index (κ2) is 7.78. The van der Waals surface area contributed by atoms with Gasteiger partial charge in [0, 0.05) is 13.1 Å². The Morgan fingerprint density at radius 2 is 1.53 bits per heavy atom. The normalized spacial score (nSPS) is 12.0. The van der Waals surface area contributed by atoms with Crippen molar-refractivity contribution in [3.8, 4) is 0 Å². The van der Waals surface area contributed by atoms with Crippen molar-refractivity contribution in [3.63, 3.8) is 0 Å². The SMILES string of the molecule is CC(C)CN(CC(C)C)C(=O)CSC(C)(C)C(=O)O. The highest BCUT2D eigenvalue weighted by Gasteiger charge is 2.29. The molecule has 1 amide bonds. The van der Waals surface area contributed by atoms with E-state index >= 15 is 0 Å². The molecule has 0 aromatic carbocycles. The van der Waals surface area contributed by atoms with Crippen molar-refractivity contribution < 1.29 is 14.7 Å². The standard InChI is InChI=1S/C14H27NO3S/c1-10(2)7-15(8-11(3)4)12(16)9-19-14(5,6)13(17)18/h10-11H,7-9H2,1-6H3,(H,17,18). The highest BCUT2D eigenvalue weighted by atomic mass is 32.2. The van der Waals surface area contributed by atoms with Gasteiger partial charge in [-0.2, -0.15) is 0 Å². The van der Waals surface area contributed by atoms with Gasteiger partial charge < -0.3 is 10.0 Å². The predicted molar refractivity (Wildman–Crippen MR) is 80.4 cm³/mol. The van der Waals surface area contributed by atoms with E-state index in [2.05, 4.69) is 27.7 Å². The molecule has 0 aromatic rings. The van der Waals surface area contributed by atoms with Crippen molar-refractivity contribution in [2.24, 2.45) is 11.8 Å². The minimum atomic E-state index is -0.920. The molecule has 0 saturated heterocycles. The first kappa shape index (κ1) is 18.3. The van der Waals surface area contributed by atoms with E-state index in [9.17, 15) is 9.59 Å². The van der Waals surface area contributed by atoms with Crippen LogP contribution in [0.25, 0.3) is 0 Å². The van der Waals surface area contributed by atoms with Crippen molar-refractivity contribution in [2.75, 3.05) is 18.8 Å². The smallest absolute Gasteiger partial charge is 0.319 e. The molecule has 0 rings (SSSR count). The molecule has 0 aliphatic rings. The maximum absolute atomic E-state index is 12.2. The summed E-state index contributed by atoms with van der Waals surface area (Å²) >= 11 is 1.19. The van der Waals surface area contributed by atoms with Gasteiger partial charge in [0.05, 0.1) is 5.75 Å². The van der Waals surface area contributed by atoms with Crippen LogP contribution in [0.15, 0.2) is 0 Å². The zero-order valence-electron chi connectivity index (χ0n) is 12.9. The van der Waals surface area contributed by atoms with Gasteiger partial charge in [0.1, 0.15) is 4.75 Å². The lowest BCUT2D eigenvalue weighted by atomic mass is 10.1. The molecule has 112 valence electrons. The summed E-state index contributed by atoms with van der Waals surface area (Å²) in [6.45, 7) is 13.0. The number of carboxylic acids is 1. The molecule has 4 nitrogen and oxygen atoms in total. The molecule has 0 radical (unpaired) electrons. The molecular formula is C14H27NO3S. The van der Waals surface area contributed by atoms with Gasteiger partial charge in [0.2, 0.25) is 5.91 Å². The Hall–Kier alpha value is -0.710. The lowest BCUT2D eigenvalue weighted by Gasteiger charge is -2.27. The van der Waals surface area contributed by atoms with Gasteiger partial charge >= 0.3 is 5.97 Å². The Balaban J connectivity index is 4.51. The maximum atomic E-state index is 12.2. The van der Waals surface area contributed by atoms with Crippen molar-refractivity contribution in [3.05, 3.63) is 0 Å². The molecule has 0 spiro atoms. The number of thioether (sulfide) groups is 1. The topological polar surface area (TPSA) is 57.6 Å². The molecule has 0 heterocycles. The molecule has 0 unspecified atom stereocenters. The van der Waals surface area contributed by atoms with E-state index < -0.39 is 10.7 Å². The zero-order valence-corrected chi connectivity index (χ0v) is 13.7. The van der Waals surface area contributed by atoms with Gasteiger partial charge in [-0.05, 0) is 25.7 Å². The number of amides is 1. The van der Waals surface area contributed by atoms with E-state index in [0.717, 1.165) is 13.1 Å². The van der Waals surface area contributed by atoms with Gasteiger partial charge in [0.25, 0.3) is 0 Å². The molecule has 0 atom stereocenters. The van der Waals surface area contributed by atoms with Crippen molar-refractivity contribution in [1.29, 1.82) is 0 Å². The summed E-state index contributed by atoms with van der Waals surface area (Å²) in [5.41, 5.74) is 0. The van der Waals surface area contributed by atoms with E-state index in [1.165, 1.54) is 11.8 Å². The molecule has 0 aliphatic heterocycles. The van der Waals surface area contributed by atoms with Gasteiger partial charge in [-0.1, -0.05) is 27.7 Å². The highest BCUT2D eigenvalue weighted by molar-refractivity contribution is 8.01. The van der Waals surface area contributed by atoms with Crippen LogP contribution >= 0.6 is 11.8 Å². The predicted octanol–water partition coefficient (Wildman–Crippen LogP) is 2.72. The summed E-state index contributed by atoms with van der Waals surface area (Å²) < 4.78 is -0.920. The molecule has 1 N–H and O–H groups in total. The first-order chi connectivity index (χ1) is 8.56. The van der Waals surface area contributed by atoms with E-state index in [-0.39, 0.29) is 11.7 Å². The van der Waals surface area contributed by atoms with Gasteiger partial charge in [-0.15, -0.1) is 11.8 Å². The van der Waals surface area contributed by atoms with Crippen molar-refractivity contribution in [2.45, 2.75) is 46.3 Å². The number of hydrogen-bond acceptors (Lipinski definition) is 3. The number of carboxylic acid groups (broad SMARTS) is 1. The van der Waals surface area contributed by atoms with Crippen LogP contribution in [-0.2, 0) is 9.59 Å². The van der Waals surface area contributed by atoms with Crippen LogP contribution in [0.1, 0.15) is 41.5 Å². The molecule has 0 aliphatic carbocycles. The summed E-state index contributed by atoms with van der Waals surface area (Å²) in [5.74, 6) is 0.199. The van der Waals surface area contributed by atoms with Crippen LogP contribution in [0.3, 0.4) is 0 Å². The molecule has 0 aromatic heterocycles. The molecule has 0 saturated carbocycles. The Bertz CT molecular complexity index is 304. The van der Waals surface area contributed by atoms with Crippen LogP contribution in [0.2, 0.25) is 0 Å². The Labute approximate surface area is 120 Å². The van der Waals surface area contributed by atoms with Crippen LogP contribution in [0.4, 0.5) is 0 Å². The van der Waals surface area contributed by atoms with E-state index in [0.29, 0.717) is 11.8 Å². The number of aliphatic carboxylic acids is 1. The summed E-state index contributed by atoms with van der Waals surface area (Å²) in [5, 5.41) is 9.04. The second-order valence-corrected chi connectivity index (χ2v) is 7.79. The Kier molecular flexibility index (Phi) is 7.49. The first-order valence-electron chi connectivity index (χ1n) is 6.71. The van der Waals surface area contributed by atoms with E-state index in [4.69, 9.17) is 5.11 Å². The maximum Gasteiger partial charge on any atom is 0.319 e. The van der Waals surface area contributed by atoms with Crippen molar-refractivity contribution in [1.82, 2.24) is 4.90 Å². The Morgan fingerprint density at radius 3 is 1.84 bits per heavy atom. The van der Waals surface area contributed by atoms with Gasteiger partial charge in [-0.3, -0.25) is 9.59 Å². The zero-order chi connectivity index (χ0) is 15.2. The average molecular weight is 289 g/mol. The number of hydrogen-bond donors (Lipinski definition) is 1. The molecular weight excluding hydrogens is 262 g/mol. The largest absolute Gasteiger partial charge is 0.480 e. The number of carbonyl (C=O) groups is 2. The molecule has 0 bridgehead atoms. The summed E-state index contributed by atoms with van der Waals surface area (Å²) in [4.78, 5) is 25.1. The second-order valence-electron chi connectivity index (χ2n) is 6.19. The van der Waals surface area contributed by atoms with Crippen LogP contribution < -0.4 is 0 Å². The third-order valence-corrected chi connectivity index (χ3v) is 3.88. The minimum absolute atomic E-state index is 0.0294. The lowest BCUT2D eigenvalue weighted by molar-refractivity contribution is -0.138. The quantitative estimate of drug-likeness (QED) is 0.746. The fraction of sp³-hybridized carbons (Fsp3) is 0.857. The average Bonchev–Trinajstić information content (AvgIpc) is 2.23. The number of carbonyl (C=O) groups excluding carboxylic acids is 1. The third-order valence-electron chi connectivity index (χ3n) is 2.60. The lowest BCUT2D eigenvalue weighted by Crippen LogP contribution is -2.39. The van der Waals surface area contributed by atoms with Crippen LogP contribution in [0, 0.1) is 11.8 Å². The summed E-state index contributed by atoms with van der Waals surface area (Å²) in [6, 6.07) is 0. The third kappa shape index (κ3) is 7.45. The fourth-order valence-corrected chi connectivity index (χ4v) is 2.35. The van der Waals surface area contributed by atoms with Crippen LogP contribution in [0.5, 0.6) is 0 Å². The van der Waals surface area contributed by atoms with Gasteiger partial charge in [0.15, 0.2) is 0 Å². The van der Waals surface area contributed by atoms with Gasteiger partial charge in [-0.25, -0.2) is 0 Å². The molecule has 0 fully saturated rings. The monoisotopic (exact) mass is 289 g/mol. The minimum Gasteiger partial charge on any atom is -0.480 e. The number of rotatable bonds is 8. The summed E-state index contributed by atoms with van der Waals surface area (Å²) in [7, 11) is 0. The fourth-order valence-electron chi connectivity index (χ4n) is 1.55. The van der Waals surface area contributed by atoms with E-state index in [1.54, 1.807) is 13.8 Å². The molecule has 5 heteroatoms. The Morgan fingerprint density at radius 1 is 1.11 bits per heavy atom. The first-order valence-corrected chi connectivity index (χ1v) is 7.70. The highest BCUT2D eigenvalue weighted by Crippen LogP contribution is 2.25. The van der Waals surface area contributed by atoms with Crippen LogP contribution in [-0.4, -0.2) is 45.5 Å². The van der Waals surface area contributed by atoms with Crippen molar-refractivity contribution >= 4 is 23.6 Å². The van der Waals surface area contributed by atoms with E-state index in [1.807, 2.05) is 4.90 Å².